The zero-order valence-electron chi connectivity index (χ0n) is 22.0. The maximum absolute atomic E-state index is 13.6. The van der Waals surface area contributed by atoms with Gasteiger partial charge in [-0.2, -0.15) is 5.10 Å². The molecule has 210 valence electrons. The molecule has 2 aliphatic heterocycles. The Hall–Kier alpha value is -5.13. The van der Waals surface area contributed by atoms with Crippen molar-refractivity contribution in [3.63, 3.8) is 0 Å². The number of hydrogen-bond donors (Lipinski definition) is 2. The molecule has 0 saturated carbocycles. The highest BCUT2D eigenvalue weighted by Gasteiger charge is 2.34. The zero-order valence-corrected chi connectivity index (χ0v) is 22.0. The van der Waals surface area contributed by atoms with Gasteiger partial charge in [0.25, 0.3) is 5.91 Å². The molecule has 3 heterocycles. The van der Waals surface area contributed by atoms with Crippen LogP contribution in [0.2, 0.25) is 0 Å². The van der Waals surface area contributed by atoms with Crippen molar-refractivity contribution in [3.8, 4) is 23.0 Å². The van der Waals surface area contributed by atoms with Crippen LogP contribution in [0.5, 0.6) is 23.0 Å². The first kappa shape index (κ1) is 26.1. The second-order valence-electron chi connectivity index (χ2n) is 9.32. The maximum atomic E-state index is 13.6. The van der Waals surface area contributed by atoms with Crippen molar-refractivity contribution in [1.29, 1.82) is 0 Å². The molecule has 41 heavy (non-hydrogen) atoms. The van der Waals surface area contributed by atoms with Crippen LogP contribution >= 0.6 is 0 Å². The third kappa shape index (κ3) is 4.99. The second-order valence-corrected chi connectivity index (χ2v) is 9.32. The van der Waals surface area contributed by atoms with E-state index in [1.807, 2.05) is 0 Å². The molecule has 1 amide bonds. The molecule has 2 N–H and O–H groups in total. The number of hydrazone groups is 1. The second kappa shape index (κ2) is 10.8. The van der Waals surface area contributed by atoms with E-state index in [0.29, 0.717) is 63.6 Å². The van der Waals surface area contributed by atoms with Crippen molar-refractivity contribution < 1.29 is 37.4 Å². The lowest BCUT2D eigenvalue weighted by Gasteiger charge is -2.19. The van der Waals surface area contributed by atoms with Crippen LogP contribution in [-0.2, 0) is 11.3 Å². The number of ether oxygens (including phenoxy) is 4. The van der Waals surface area contributed by atoms with Gasteiger partial charge in [-0.3, -0.25) is 4.79 Å². The highest BCUT2D eigenvalue weighted by Crippen LogP contribution is 2.52. The van der Waals surface area contributed by atoms with E-state index in [-0.39, 0.29) is 24.4 Å². The Kier molecular flexibility index (Phi) is 6.88. The minimum Gasteiger partial charge on any atom is -0.492 e. The summed E-state index contributed by atoms with van der Waals surface area (Å²) in [4.78, 5) is 21.5. The Balaban J connectivity index is 1.28. The third-order valence-electron chi connectivity index (χ3n) is 6.81. The van der Waals surface area contributed by atoms with Crippen molar-refractivity contribution in [2.24, 2.45) is 10.3 Å². The highest BCUT2D eigenvalue weighted by atomic mass is 19.1. The van der Waals surface area contributed by atoms with Gasteiger partial charge in [0.15, 0.2) is 11.5 Å². The standard InChI is InChI=1S/C29H24F2N4O6/c1-37-25-20(11-19-12-23(35-41-19)15-3-5-17(30)6-4-15)21(26(38-2)28-27(25)39-14-40-28)13-32-34-29(36)24-10-16-9-18(31)7-8-22(16)33-24/h3-10,13,19,33H,11-12,14H2,1-2H3,(H,34,36)/b32-13-/t19-/m1/s1. The van der Waals surface area contributed by atoms with Crippen LogP contribution in [0, 0.1) is 11.6 Å². The monoisotopic (exact) mass is 562 g/mol. The molecule has 6 rings (SSSR count). The molecule has 1 atom stereocenters. The summed E-state index contributed by atoms with van der Waals surface area (Å²) in [6, 6.07) is 11.8. The molecule has 3 aromatic carbocycles. The number of fused-ring (bicyclic) bond motifs is 2. The minimum absolute atomic E-state index is 0.0302. The first-order valence-corrected chi connectivity index (χ1v) is 12.6. The highest BCUT2D eigenvalue weighted by molar-refractivity contribution is 6.01. The Bertz CT molecular complexity index is 1700. The summed E-state index contributed by atoms with van der Waals surface area (Å²) in [5.74, 6) is 0.198. The summed E-state index contributed by atoms with van der Waals surface area (Å²) in [6.45, 7) is -0.0302. The number of benzene rings is 3. The van der Waals surface area contributed by atoms with E-state index >= 15 is 0 Å². The molecular weight excluding hydrogens is 538 g/mol. The smallest absolute Gasteiger partial charge is 0.287 e. The van der Waals surface area contributed by atoms with Gasteiger partial charge in [0.2, 0.25) is 18.3 Å². The number of H-pyrrole nitrogens is 1. The van der Waals surface area contributed by atoms with Crippen LogP contribution in [0.25, 0.3) is 10.9 Å². The fraction of sp³-hybridized carbons (Fsp3) is 0.207. The van der Waals surface area contributed by atoms with E-state index in [4.69, 9.17) is 23.8 Å². The molecule has 2 aliphatic rings. The van der Waals surface area contributed by atoms with E-state index in [9.17, 15) is 13.6 Å². The number of halogens is 2. The molecule has 0 spiro atoms. The summed E-state index contributed by atoms with van der Waals surface area (Å²) >= 11 is 0. The molecule has 0 unspecified atom stereocenters. The van der Waals surface area contributed by atoms with Crippen LogP contribution in [0.1, 0.15) is 33.6 Å². The molecule has 0 aliphatic carbocycles. The topological polar surface area (TPSA) is 116 Å². The summed E-state index contributed by atoms with van der Waals surface area (Å²) in [5.41, 5.74) is 5.86. The number of nitrogens with one attached hydrogen (secondary N) is 2. The van der Waals surface area contributed by atoms with E-state index in [0.717, 1.165) is 5.56 Å². The van der Waals surface area contributed by atoms with E-state index in [2.05, 4.69) is 20.7 Å². The Morgan fingerprint density at radius 2 is 1.80 bits per heavy atom. The molecule has 12 heteroatoms. The molecule has 0 bridgehead atoms. The number of oxime groups is 1. The Morgan fingerprint density at radius 1 is 1.07 bits per heavy atom. The zero-order chi connectivity index (χ0) is 28.5. The molecule has 10 nitrogen and oxygen atoms in total. The van der Waals surface area contributed by atoms with Crippen molar-refractivity contribution in [3.05, 3.63) is 82.5 Å². The first-order valence-electron chi connectivity index (χ1n) is 12.6. The lowest BCUT2D eigenvalue weighted by atomic mass is 9.95. The Morgan fingerprint density at radius 3 is 2.56 bits per heavy atom. The number of carbonyl (C=O) groups is 1. The SMILES string of the molecule is COc1c(/C=N\NC(=O)c2cc3cc(F)ccc3[nH]2)c(C[C@@H]2CC(c3ccc(F)cc3)=NO2)c(OC)c2c1OCO2. The van der Waals surface area contributed by atoms with Crippen molar-refractivity contribution in [2.45, 2.75) is 18.9 Å². The normalized spacial score (nSPS) is 15.7. The number of aromatic amines is 1. The largest absolute Gasteiger partial charge is 0.492 e. The molecule has 0 radical (unpaired) electrons. The van der Waals surface area contributed by atoms with Gasteiger partial charge in [0, 0.05) is 34.9 Å². The number of rotatable bonds is 8. The van der Waals surface area contributed by atoms with Crippen LogP contribution in [0.3, 0.4) is 0 Å². The lowest BCUT2D eigenvalue weighted by molar-refractivity contribution is 0.0853. The molecule has 0 saturated heterocycles. The molecule has 0 fully saturated rings. The summed E-state index contributed by atoms with van der Waals surface area (Å²) in [6.07, 6.45) is 1.81. The number of nitrogens with zero attached hydrogens (tertiary/aromatic N) is 2. The number of hydrogen-bond acceptors (Lipinski definition) is 8. The van der Waals surface area contributed by atoms with Crippen molar-refractivity contribution >= 4 is 28.7 Å². The average Bonchev–Trinajstić information content (AvgIpc) is 3.73. The first-order chi connectivity index (χ1) is 19.9. The average molecular weight is 563 g/mol. The summed E-state index contributed by atoms with van der Waals surface area (Å²) < 4.78 is 49.7. The van der Waals surface area contributed by atoms with Gasteiger partial charge < -0.3 is 28.8 Å². The predicted molar refractivity (Wildman–Crippen MR) is 145 cm³/mol. The van der Waals surface area contributed by atoms with E-state index < -0.39 is 11.7 Å². The van der Waals surface area contributed by atoms with Gasteiger partial charge in [-0.25, -0.2) is 14.2 Å². The van der Waals surface area contributed by atoms with Crippen LogP contribution in [0.15, 0.2) is 58.8 Å². The fourth-order valence-corrected chi connectivity index (χ4v) is 4.91. The lowest BCUT2D eigenvalue weighted by Crippen LogP contribution is -2.19. The maximum Gasteiger partial charge on any atom is 0.287 e. The van der Waals surface area contributed by atoms with Gasteiger partial charge in [-0.05, 0) is 42.0 Å². The minimum atomic E-state index is -0.525. The third-order valence-corrected chi connectivity index (χ3v) is 6.81. The van der Waals surface area contributed by atoms with E-state index in [1.54, 1.807) is 18.2 Å². The summed E-state index contributed by atoms with van der Waals surface area (Å²) in [5, 5.41) is 8.93. The van der Waals surface area contributed by atoms with Crippen LogP contribution < -0.4 is 24.4 Å². The predicted octanol–water partition coefficient (Wildman–Crippen LogP) is 4.69. The fourth-order valence-electron chi connectivity index (χ4n) is 4.91. The number of carbonyl (C=O) groups excluding carboxylic acids is 1. The van der Waals surface area contributed by atoms with Gasteiger partial charge in [-0.15, -0.1) is 0 Å². The van der Waals surface area contributed by atoms with Crippen molar-refractivity contribution in [2.75, 3.05) is 21.0 Å². The van der Waals surface area contributed by atoms with Crippen LogP contribution in [0.4, 0.5) is 8.78 Å². The van der Waals surface area contributed by atoms with Crippen LogP contribution in [-0.4, -0.2) is 49.9 Å². The molecule has 4 aromatic rings. The summed E-state index contributed by atoms with van der Waals surface area (Å²) in [7, 11) is 2.99. The van der Waals surface area contributed by atoms with Gasteiger partial charge in [0.1, 0.15) is 23.4 Å². The van der Waals surface area contributed by atoms with Gasteiger partial charge >= 0.3 is 0 Å². The number of amides is 1. The van der Waals surface area contributed by atoms with E-state index in [1.165, 1.54) is 50.8 Å². The molecule has 1 aromatic heterocycles. The van der Waals surface area contributed by atoms with Gasteiger partial charge in [0.05, 0.1) is 26.1 Å². The van der Waals surface area contributed by atoms with Gasteiger partial charge in [-0.1, -0.05) is 17.3 Å². The quantitative estimate of drug-likeness (QED) is 0.238. The van der Waals surface area contributed by atoms with Crippen molar-refractivity contribution in [1.82, 2.24) is 10.4 Å². The number of aromatic nitrogens is 1. The Labute approximate surface area is 232 Å². The molecular formula is C29H24F2N4O6. The number of methoxy groups -OCH3 is 2.